The fourth-order valence-corrected chi connectivity index (χ4v) is 4.75. The molecule has 3 rings (SSSR count). The van der Waals surface area contributed by atoms with Crippen molar-refractivity contribution >= 4 is 10.0 Å². The van der Waals surface area contributed by atoms with Gasteiger partial charge in [0.05, 0.1) is 0 Å². The largest absolute Gasteiger partial charge is 0.491 e. The molecule has 1 N–H and O–H groups in total. The number of ether oxygens (including phenoxy) is 1. The number of nitrogens with zero attached hydrogens (tertiary/aromatic N) is 3. The second-order valence-electron chi connectivity index (χ2n) is 7.18. The smallest absolute Gasteiger partial charge is 0.244 e. The zero-order valence-electron chi connectivity index (χ0n) is 16.3. The molecule has 1 aromatic heterocycles. The first-order valence-corrected chi connectivity index (χ1v) is 10.8. The van der Waals surface area contributed by atoms with Crippen LogP contribution in [0.4, 0.5) is 0 Å². The molecular weight excluding hydrogens is 378 g/mol. The minimum Gasteiger partial charge on any atom is -0.491 e. The average molecular weight is 406 g/mol. The molecule has 1 atom stereocenters. The van der Waals surface area contributed by atoms with Gasteiger partial charge in [-0.2, -0.15) is 4.31 Å². The highest BCUT2D eigenvalue weighted by atomic mass is 32.2. The molecule has 0 bridgehead atoms. The molecule has 152 valence electrons. The van der Waals surface area contributed by atoms with Crippen LogP contribution in [0, 0.1) is 13.8 Å². The molecule has 2 heterocycles. The van der Waals surface area contributed by atoms with Crippen LogP contribution in [0.25, 0.3) is 0 Å². The third-order valence-corrected chi connectivity index (χ3v) is 6.59. The molecule has 0 spiro atoms. The monoisotopic (exact) mass is 405 g/mol. The quantitative estimate of drug-likeness (QED) is 0.751. The van der Waals surface area contributed by atoms with E-state index >= 15 is 0 Å². The summed E-state index contributed by atoms with van der Waals surface area (Å²) in [5.41, 5.74) is 2.24. The molecule has 1 unspecified atom stereocenters. The van der Waals surface area contributed by atoms with Crippen molar-refractivity contribution in [3.63, 3.8) is 0 Å². The van der Waals surface area contributed by atoms with E-state index in [0.717, 1.165) is 16.9 Å². The first kappa shape index (κ1) is 20.7. The van der Waals surface area contributed by atoms with Crippen LogP contribution in [-0.2, 0) is 10.0 Å². The van der Waals surface area contributed by atoms with Crippen LogP contribution in [0.2, 0.25) is 0 Å². The molecule has 0 aliphatic carbocycles. The summed E-state index contributed by atoms with van der Waals surface area (Å²) in [7, 11) is -3.51. The van der Waals surface area contributed by atoms with Gasteiger partial charge in [0.25, 0.3) is 0 Å². The molecule has 0 amide bonds. The average Bonchev–Trinajstić information content (AvgIpc) is 2.67. The third kappa shape index (κ3) is 5.29. The molecule has 1 aromatic carbocycles. The summed E-state index contributed by atoms with van der Waals surface area (Å²) in [6, 6.07) is 9.14. The van der Waals surface area contributed by atoms with Crippen LogP contribution in [0.15, 0.2) is 47.6 Å². The molecule has 8 heteroatoms. The van der Waals surface area contributed by atoms with E-state index in [1.165, 1.54) is 10.5 Å². The molecule has 1 saturated heterocycles. The number of hydrogen-bond donors (Lipinski definition) is 1. The van der Waals surface area contributed by atoms with Gasteiger partial charge >= 0.3 is 0 Å². The van der Waals surface area contributed by atoms with Crippen molar-refractivity contribution in [2.75, 3.05) is 39.3 Å². The van der Waals surface area contributed by atoms with Gasteiger partial charge in [-0.05, 0) is 49.2 Å². The Hall–Kier alpha value is -2.00. The Labute approximate surface area is 166 Å². The van der Waals surface area contributed by atoms with Crippen molar-refractivity contribution in [2.45, 2.75) is 24.8 Å². The van der Waals surface area contributed by atoms with Crippen LogP contribution >= 0.6 is 0 Å². The van der Waals surface area contributed by atoms with Crippen molar-refractivity contribution in [3.05, 3.63) is 53.9 Å². The highest BCUT2D eigenvalue weighted by Gasteiger charge is 2.29. The number of aliphatic hydroxyl groups excluding tert-OH is 1. The van der Waals surface area contributed by atoms with E-state index in [-0.39, 0.29) is 11.5 Å². The molecule has 28 heavy (non-hydrogen) atoms. The lowest BCUT2D eigenvalue weighted by molar-refractivity contribution is 0.0568. The normalized spacial score (nSPS) is 17.4. The van der Waals surface area contributed by atoms with Gasteiger partial charge in [-0.1, -0.05) is 6.07 Å². The SMILES string of the molecule is Cc1cc(C)cc(OCC(O)CN2CCN(S(=O)(=O)c3cccnc3)CC2)c1. The molecule has 1 aliphatic rings. The standard InChI is InChI=1S/C20H27N3O4S/c1-16-10-17(2)12-19(11-16)27-15-18(24)14-22-6-8-23(9-7-22)28(25,26)20-4-3-5-21-13-20/h3-5,10-13,18,24H,6-9,14-15H2,1-2H3. The topological polar surface area (TPSA) is 83.0 Å². The Kier molecular flexibility index (Phi) is 6.66. The molecule has 0 saturated carbocycles. The number of pyridine rings is 1. The molecule has 1 fully saturated rings. The first-order valence-electron chi connectivity index (χ1n) is 9.36. The van der Waals surface area contributed by atoms with Gasteiger partial charge in [0.15, 0.2) is 0 Å². The summed E-state index contributed by atoms with van der Waals surface area (Å²) in [6.45, 7) is 6.59. The molecule has 1 aliphatic heterocycles. The molecule has 2 aromatic rings. The highest BCUT2D eigenvalue weighted by Crippen LogP contribution is 2.18. The van der Waals surface area contributed by atoms with Crippen LogP contribution < -0.4 is 4.74 Å². The van der Waals surface area contributed by atoms with E-state index in [2.05, 4.69) is 16.0 Å². The van der Waals surface area contributed by atoms with Crippen molar-refractivity contribution < 1.29 is 18.3 Å². The van der Waals surface area contributed by atoms with E-state index < -0.39 is 16.1 Å². The Balaban J connectivity index is 1.47. The van der Waals surface area contributed by atoms with E-state index in [9.17, 15) is 13.5 Å². The predicted octanol–water partition coefficient (Wildman–Crippen LogP) is 1.44. The summed E-state index contributed by atoms with van der Waals surface area (Å²) in [6.07, 6.45) is 2.29. The van der Waals surface area contributed by atoms with Gasteiger partial charge in [0.2, 0.25) is 10.0 Å². The number of sulfonamides is 1. The maximum atomic E-state index is 12.6. The van der Waals surface area contributed by atoms with Crippen LogP contribution in [-0.4, -0.2) is 73.1 Å². The Morgan fingerprint density at radius 1 is 1.14 bits per heavy atom. The van der Waals surface area contributed by atoms with Crippen LogP contribution in [0.3, 0.4) is 0 Å². The van der Waals surface area contributed by atoms with Crippen LogP contribution in [0.1, 0.15) is 11.1 Å². The summed E-state index contributed by atoms with van der Waals surface area (Å²) < 4.78 is 32.4. The lowest BCUT2D eigenvalue weighted by atomic mass is 10.1. The number of rotatable bonds is 7. The summed E-state index contributed by atoms with van der Waals surface area (Å²) in [5, 5.41) is 10.3. The van der Waals surface area contributed by atoms with E-state index in [0.29, 0.717) is 32.7 Å². The van der Waals surface area contributed by atoms with Gasteiger partial charge in [-0.15, -0.1) is 0 Å². The van der Waals surface area contributed by atoms with E-state index in [1.54, 1.807) is 18.3 Å². The van der Waals surface area contributed by atoms with E-state index in [1.807, 2.05) is 26.0 Å². The maximum Gasteiger partial charge on any atom is 0.244 e. The molecular formula is C20H27N3O4S. The number of aryl methyl sites for hydroxylation is 2. The van der Waals surface area contributed by atoms with Gasteiger partial charge in [-0.3, -0.25) is 9.88 Å². The number of benzene rings is 1. The molecule has 7 nitrogen and oxygen atoms in total. The lowest BCUT2D eigenvalue weighted by Gasteiger charge is -2.34. The van der Waals surface area contributed by atoms with Crippen molar-refractivity contribution in [3.8, 4) is 5.75 Å². The summed E-state index contributed by atoms with van der Waals surface area (Å²) >= 11 is 0. The van der Waals surface area contributed by atoms with Crippen molar-refractivity contribution in [1.29, 1.82) is 0 Å². The maximum absolute atomic E-state index is 12.6. The predicted molar refractivity (Wildman–Crippen MR) is 107 cm³/mol. The molecule has 0 radical (unpaired) electrons. The third-order valence-electron chi connectivity index (χ3n) is 4.71. The van der Waals surface area contributed by atoms with Gasteiger partial charge < -0.3 is 9.84 Å². The first-order chi connectivity index (χ1) is 13.3. The van der Waals surface area contributed by atoms with Crippen molar-refractivity contribution in [1.82, 2.24) is 14.2 Å². The lowest BCUT2D eigenvalue weighted by Crippen LogP contribution is -2.50. The summed E-state index contributed by atoms with van der Waals surface area (Å²) in [5.74, 6) is 0.754. The fourth-order valence-electron chi connectivity index (χ4n) is 3.36. The second kappa shape index (κ2) is 9.00. The summed E-state index contributed by atoms with van der Waals surface area (Å²) in [4.78, 5) is 6.17. The number of aliphatic hydroxyl groups is 1. The van der Waals surface area contributed by atoms with Crippen molar-refractivity contribution in [2.24, 2.45) is 0 Å². The minimum absolute atomic E-state index is 0.205. The number of aromatic nitrogens is 1. The Bertz CT molecular complexity index is 861. The van der Waals surface area contributed by atoms with Crippen LogP contribution in [0.5, 0.6) is 5.75 Å². The highest BCUT2D eigenvalue weighted by molar-refractivity contribution is 7.89. The fraction of sp³-hybridized carbons (Fsp3) is 0.450. The number of hydrogen-bond acceptors (Lipinski definition) is 6. The Morgan fingerprint density at radius 2 is 1.82 bits per heavy atom. The minimum atomic E-state index is -3.51. The zero-order chi connectivity index (χ0) is 20.1. The number of piperazine rings is 1. The number of β-amino-alcohol motifs (C(OH)–C–C–N with tert-alkyl or cyclic N) is 1. The van der Waals surface area contributed by atoms with E-state index in [4.69, 9.17) is 4.74 Å². The van der Waals surface area contributed by atoms with Gasteiger partial charge in [0.1, 0.15) is 23.4 Å². The zero-order valence-corrected chi connectivity index (χ0v) is 17.1. The Morgan fingerprint density at radius 3 is 2.43 bits per heavy atom. The van der Waals surface area contributed by atoms with Gasteiger partial charge in [-0.25, -0.2) is 8.42 Å². The van der Waals surface area contributed by atoms with Gasteiger partial charge in [0, 0.05) is 45.1 Å². The second-order valence-corrected chi connectivity index (χ2v) is 9.12.